The van der Waals surface area contributed by atoms with Crippen molar-refractivity contribution in [3.05, 3.63) is 52.0 Å². The van der Waals surface area contributed by atoms with Crippen LogP contribution in [0.25, 0.3) is 0 Å². The Morgan fingerprint density at radius 3 is 2.63 bits per heavy atom. The van der Waals surface area contributed by atoms with Gasteiger partial charge in [-0.3, -0.25) is 14.9 Å². The minimum atomic E-state index is -0.858. The van der Waals surface area contributed by atoms with E-state index in [0.717, 1.165) is 31.5 Å². The summed E-state index contributed by atoms with van der Waals surface area (Å²) in [7, 11) is 0. The van der Waals surface area contributed by atoms with E-state index in [1.54, 1.807) is 24.3 Å². The number of hydrogen-bond donors (Lipinski definition) is 2. The molecule has 3 rings (SSSR count). The molecule has 1 aromatic heterocycles. The third-order valence-corrected chi connectivity index (χ3v) is 5.07. The number of benzene rings is 1. The topological polar surface area (TPSA) is 137 Å². The van der Waals surface area contributed by atoms with Gasteiger partial charge in [-0.15, -0.1) is 0 Å². The van der Waals surface area contributed by atoms with Crippen LogP contribution in [0.5, 0.6) is 11.6 Å². The first-order chi connectivity index (χ1) is 14.6. The van der Waals surface area contributed by atoms with Gasteiger partial charge >= 0.3 is 11.6 Å². The molecule has 10 heteroatoms. The number of aliphatic hydroxyl groups excluding tert-OH is 1. The molecule has 1 aromatic carbocycles. The van der Waals surface area contributed by atoms with Crippen LogP contribution in [0.3, 0.4) is 0 Å². The number of rotatable bonds is 10. The molecular weight excluding hydrogens is 392 g/mol. The van der Waals surface area contributed by atoms with Crippen molar-refractivity contribution in [1.29, 1.82) is 0 Å². The van der Waals surface area contributed by atoms with Crippen molar-refractivity contribution in [2.24, 2.45) is 5.92 Å². The fraction of sp³-hybridized carbons (Fsp3) is 0.450. The van der Waals surface area contributed by atoms with Gasteiger partial charge in [0.05, 0.1) is 4.92 Å². The van der Waals surface area contributed by atoms with Gasteiger partial charge in [0.1, 0.15) is 12.1 Å². The summed E-state index contributed by atoms with van der Waals surface area (Å²) in [6.45, 7) is 2.02. The van der Waals surface area contributed by atoms with Gasteiger partial charge in [0.15, 0.2) is 11.8 Å². The molecule has 1 saturated heterocycles. The maximum atomic E-state index is 11.8. The Kier molecular flexibility index (Phi) is 7.63. The Morgan fingerprint density at radius 2 is 2.00 bits per heavy atom. The van der Waals surface area contributed by atoms with E-state index in [2.05, 4.69) is 15.3 Å². The number of aromatic nitrogens is 2. The summed E-state index contributed by atoms with van der Waals surface area (Å²) < 4.78 is 10.8. The lowest BCUT2D eigenvalue weighted by Gasteiger charge is -2.25. The molecule has 1 atom stereocenters. The van der Waals surface area contributed by atoms with Crippen molar-refractivity contribution < 1.29 is 24.3 Å². The average Bonchev–Trinajstić information content (AvgIpc) is 2.75. The summed E-state index contributed by atoms with van der Waals surface area (Å²) in [6, 6.07) is 6.81. The van der Waals surface area contributed by atoms with Gasteiger partial charge in [0.2, 0.25) is 0 Å². The fourth-order valence-corrected chi connectivity index (χ4v) is 3.54. The molecule has 0 saturated carbocycles. The molecule has 0 radical (unpaired) electrons. The van der Waals surface area contributed by atoms with E-state index in [1.165, 1.54) is 6.33 Å². The number of ether oxygens (including phenoxy) is 2. The number of carbonyl (C=O) groups excluding carboxylic acids is 1. The van der Waals surface area contributed by atoms with Crippen LogP contribution in [0.4, 0.5) is 5.69 Å². The highest BCUT2D eigenvalue weighted by molar-refractivity contribution is 5.49. The molecule has 0 bridgehead atoms. The highest BCUT2D eigenvalue weighted by Gasteiger charge is 2.33. The highest BCUT2D eigenvalue weighted by Crippen LogP contribution is 2.38. The molecule has 2 aromatic rings. The minimum absolute atomic E-state index is 0.0209. The second-order valence-electron chi connectivity index (χ2n) is 7.04. The zero-order chi connectivity index (χ0) is 21.3. The zero-order valence-electron chi connectivity index (χ0n) is 16.4. The van der Waals surface area contributed by atoms with E-state index in [-0.39, 0.29) is 30.6 Å². The molecule has 0 spiro atoms. The molecule has 0 aliphatic carbocycles. The number of piperidine rings is 1. The van der Waals surface area contributed by atoms with E-state index in [9.17, 15) is 14.9 Å². The molecule has 1 aliphatic rings. The quantitative estimate of drug-likeness (QED) is 0.339. The molecular formula is C20H24N4O6. The highest BCUT2D eigenvalue weighted by atomic mass is 16.6. The lowest BCUT2D eigenvalue weighted by Crippen LogP contribution is -2.29. The summed E-state index contributed by atoms with van der Waals surface area (Å²) in [4.78, 5) is 30.3. The van der Waals surface area contributed by atoms with E-state index in [1.807, 2.05) is 0 Å². The molecule has 1 fully saturated rings. The van der Waals surface area contributed by atoms with Gasteiger partial charge in [0.25, 0.3) is 6.47 Å². The molecule has 2 heterocycles. The summed E-state index contributed by atoms with van der Waals surface area (Å²) >= 11 is 0. The summed E-state index contributed by atoms with van der Waals surface area (Å²) in [5.41, 5.74) is 0.509. The van der Waals surface area contributed by atoms with Crippen LogP contribution < -0.4 is 10.1 Å². The van der Waals surface area contributed by atoms with Crippen LogP contribution in [0.15, 0.2) is 30.6 Å². The number of nitrogens with one attached hydrogen (secondary N) is 1. The van der Waals surface area contributed by atoms with Gasteiger partial charge < -0.3 is 19.9 Å². The Morgan fingerprint density at radius 1 is 1.27 bits per heavy atom. The van der Waals surface area contributed by atoms with Crippen molar-refractivity contribution in [2.45, 2.75) is 31.8 Å². The number of hydrogen-bond acceptors (Lipinski definition) is 9. The van der Waals surface area contributed by atoms with Crippen LogP contribution in [0, 0.1) is 16.0 Å². The van der Waals surface area contributed by atoms with Crippen molar-refractivity contribution in [3.63, 3.8) is 0 Å². The summed E-state index contributed by atoms with van der Waals surface area (Å²) in [5, 5.41) is 24.1. The van der Waals surface area contributed by atoms with Gasteiger partial charge in [0, 0.05) is 6.61 Å². The maximum Gasteiger partial charge on any atom is 0.356 e. The Labute approximate surface area is 173 Å². The third-order valence-electron chi connectivity index (χ3n) is 5.07. The fourth-order valence-electron chi connectivity index (χ4n) is 3.54. The Bertz CT molecular complexity index is 855. The first-order valence-electron chi connectivity index (χ1n) is 9.79. The average molecular weight is 416 g/mol. The smallest absolute Gasteiger partial charge is 0.356 e. The SMILES string of the molecule is O=COC(CC1CCNCC1)c1ncnc(Oc2ccc(CCO)cc2)c1[N+](=O)[O-]. The first kappa shape index (κ1) is 21.6. The van der Waals surface area contributed by atoms with E-state index in [0.29, 0.717) is 18.6 Å². The van der Waals surface area contributed by atoms with Crippen LogP contribution in [0.1, 0.15) is 36.6 Å². The van der Waals surface area contributed by atoms with Crippen LogP contribution >= 0.6 is 0 Å². The second-order valence-corrected chi connectivity index (χ2v) is 7.04. The first-order valence-corrected chi connectivity index (χ1v) is 9.79. The maximum absolute atomic E-state index is 11.8. The molecule has 2 N–H and O–H groups in total. The largest absolute Gasteiger partial charge is 0.458 e. The second kappa shape index (κ2) is 10.6. The summed E-state index contributed by atoms with van der Waals surface area (Å²) in [6.07, 6.45) is 3.03. The van der Waals surface area contributed by atoms with Gasteiger partial charge in [-0.2, -0.15) is 4.98 Å². The van der Waals surface area contributed by atoms with Crippen LogP contribution in [-0.4, -0.2) is 46.2 Å². The molecule has 1 aliphatic heterocycles. The molecule has 1 unspecified atom stereocenters. The third kappa shape index (κ3) is 5.49. The molecule has 10 nitrogen and oxygen atoms in total. The van der Waals surface area contributed by atoms with Gasteiger partial charge in [-0.1, -0.05) is 12.1 Å². The van der Waals surface area contributed by atoms with Crippen LogP contribution in [-0.2, 0) is 16.0 Å². The van der Waals surface area contributed by atoms with Crippen molar-refractivity contribution in [2.75, 3.05) is 19.7 Å². The predicted molar refractivity (Wildman–Crippen MR) is 106 cm³/mol. The van der Waals surface area contributed by atoms with Crippen molar-refractivity contribution in [1.82, 2.24) is 15.3 Å². The van der Waals surface area contributed by atoms with Crippen LogP contribution in [0.2, 0.25) is 0 Å². The lowest BCUT2D eigenvalue weighted by molar-refractivity contribution is -0.387. The monoisotopic (exact) mass is 416 g/mol. The van der Waals surface area contributed by atoms with Gasteiger partial charge in [-0.05, 0) is 62.4 Å². The molecule has 0 amide bonds. The van der Waals surface area contributed by atoms with Gasteiger partial charge in [-0.25, -0.2) is 4.98 Å². The van der Waals surface area contributed by atoms with E-state index >= 15 is 0 Å². The molecule has 30 heavy (non-hydrogen) atoms. The number of nitro groups is 1. The molecule has 160 valence electrons. The van der Waals surface area contributed by atoms with E-state index < -0.39 is 16.7 Å². The Hall–Kier alpha value is -3.11. The minimum Gasteiger partial charge on any atom is -0.458 e. The normalized spacial score (nSPS) is 15.4. The number of nitrogens with zero attached hydrogens (tertiary/aromatic N) is 3. The van der Waals surface area contributed by atoms with Crippen molar-refractivity contribution in [3.8, 4) is 11.6 Å². The predicted octanol–water partition coefficient (Wildman–Crippen LogP) is 2.32. The Balaban J connectivity index is 1.88. The van der Waals surface area contributed by atoms with Crippen molar-refractivity contribution >= 4 is 12.2 Å². The number of aliphatic hydroxyl groups is 1. The zero-order valence-corrected chi connectivity index (χ0v) is 16.4. The lowest BCUT2D eigenvalue weighted by atomic mass is 9.90. The summed E-state index contributed by atoms with van der Waals surface area (Å²) in [5.74, 6) is 0.398. The van der Waals surface area contributed by atoms with E-state index in [4.69, 9.17) is 14.6 Å². The standard InChI is InChI=1S/C20H24N4O6/c25-10-7-14-1-3-16(4-2-14)30-20-19(24(27)28)18(22-12-23-20)17(29-13-26)11-15-5-8-21-9-6-15/h1-4,12-13,15,17,21,25H,5-11H2. The number of carbonyl (C=O) groups is 1.